The van der Waals surface area contributed by atoms with Crippen molar-refractivity contribution in [1.29, 1.82) is 0 Å². The molecule has 1 aliphatic heterocycles. The Morgan fingerprint density at radius 1 is 1.73 bits per heavy atom. The molecule has 11 heavy (non-hydrogen) atoms. The van der Waals surface area contributed by atoms with Crippen molar-refractivity contribution in [3.63, 3.8) is 0 Å². The van der Waals surface area contributed by atoms with Crippen LogP contribution in [0.1, 0.15) is 13.3 Å². The van der Waals surface area contributed by atoms with Gasteiger partial charge in [0.2, 0.25) is 0 Å². The number of aliphatic carboxylic acids is 1. The van der Waals surface area contributed by atoms with Crippen LogP contribution in [0.15, 0.2) is 0 Å². The smallest absolute Gasteiger partial charge is 0.308 e. The standard InChI is InChI=1S/C7H12NO3/c1-5-2-3-8(11)4-6(5)7(9)10/h5-6H,2-4H2,1H3,(H,9,10)/q-1. The van der Waals surface area contributed by atoms with E-state index in [1.807, 2.05) is 6.92 Å². The maximum atomic E-state index is 10.8. The Labute approximate surface area is 65.4 Å². The number of rotatable bonds is 1. The van der Waals surface area contributed by atoms with Crippen LogP contribution in [0, 0.1) is 17.0 Å². The molecule has 1 aliphatic rings. The fourth-order valence-corrected chi connectivity index (χ4v) is 1.36. The minimum absolute atomic E-state index is 0.137. The summed E-state index contributed by atoms with van der Waals surface area (Å²) in [7, 11) is 0. The molecule has 0 radical (unpaired) electrons. The van der Waals surface area contributed by atoms with E-state index in [0.29, 0.717) is 13.0 Å². The van der Waals surface area contributed by atoms with Gasteiger partial charge in [-0.1, -0.05) is 6.92 Å². The van der Waals surface area contributed by atoms with Crippen LogP contribution >= 0.6 is 0 Å². The summed E-state index contributed by atoms with van der Waals surface area (Å²) in [5.41, 5.74) is 0. The average molecular weight is 158 g/mol. The highest BCUT2D eigenvalue weighted by Crippen LogP contribution is 2.22. The fraction of sp³-hybridized carbons (Fsp3) is 0.857. The molecule has 0 bridgehead atoms. The van der Waals surface area contributed by atoms with Gasteiger partial charge < -0.3 is 15.4 Å². The average Bonchev–Trinajstić information content (AvgIpc) is 1.94. The molecule has 4 heteroatoms. The highest BCUT2D eigenvalue weighted by Gasteiger charge is 2.27. The van der Waals surface area contributed by atoms with E-state index in [2.05, 4.69) is 0 Å². The van der Waals surface area contributed by atoms with Crippen LogP contribution < -0.4 is 0 Å². The Bertz CT molecular complexity index is 160. The van der Waals surface area contributed by atoms with Gasteiger partial charge in [0.25, 0.3) is 0 Å². The first-order chi connectivity index (χ1) is 5.11. The quantitative estimate of drug-likeness (QED) is 0.604. The van der Waals surface area contributed by atoms with E-state index in [9.17, 15) is 10.0 Å². The molecule has 1 rings (SSSR count). The van der Waals surface area contributed by atoms with E-state index < -0.39 is 11.9 Å². The van der Waals surface area contributed by atoms with Gasteiger partial charge in [0.05, 0.1) is 5.92 Å². The van der Waals surface area contributed by atoms with Crippen LogP contribution in [-0.4, -0.2) is 29.2 Å². The minimum atomic E-state index is -0.849. The molecule has 4 nitrogen and oxygen atoms in total. The first-order valence-electron chi connectivity index (χ1n) is 3.76. The molecule has 0 aromatic carbocycles. The van der Waals surface area contributed by atoms with Gasteiger partial charge in [-0.05, 0) is 25.4 Å². The second-order valence-corrected chi connectivity index (χ2v) is 3.10. The van der Waals surface area contributed by atoms with E-state index in [-0.39, 0.29) is 12.5 Å². The Balaban J connectivity index is 2.54. The lowest BCUT2D eigenvalue weighted by Gasteiger charge is -2.38. The van der Waals surface area contributed by atoms with Gasteiger partial charge in [-0.25, -0.2) is 0 Å². The van der Waals surface area contributed by atoms with Crippen LogP contribution in [-0.2, 0) is 4.79 Å². The lowest BCUT2D eigenvalue weighted by atomic mass is 9.88. The Morgan fingerprint density at radius 3 is 2.82 bits per heavy atom. The van der Waals surface area contributed by atoms with Crippen molar-refractivity contribution in [2.75, 3.05) is 13.1 Å². The molecule has 1 saturated heterocycles. The van der Waals surface area contributed by atoms with E-state index in [4.69, 9.17) is 5.11 Å². The predicted molar refractivity (Wildman–Crippen MR) is 39.8 cm³/mol. The lowest BCUT2D eigenvalue weighted by molar-refractivity contribution is -0.145. The molecule has 64 valence electrons. The number of piperidine rings is 1. The highest BCUT2D eigenvalue weighted by molar-refractivity contribution is 5.70. The maximum Gasteiger partial charge on any atom is 0.308 e. The van der Waals surface area contributed by atoms with E-state index >= 15 is 0 Å². The van der Waals surface area contributed by atoms with Crippen LogP contribution in [0.3, 0.4) is 0 Å². The van der Waals surface area contributed by atoms with E-state index in [1.165, 1.54) is 0 Å². The molecule has 0 aliphatic carbocycles. The summed E-state index contributed by atoms with van der Waals surface area (Å²) in [4.78, 5) is 10.5. The molecular weight excluding hydrogens is 146 g/mol. The second-order valence-electron chi connectivity index (χ2n) is 3.10. The molecule has 0 amide bonds. The summed E-state index contributed by atoms with van der Waals surface area (Å²) in [5, 5.41) is 20.3. The minimum Gasteiger partial charge on any atom is -0.785 e. The van der Waals surface area contributed by atoms with E-state index in [0.717, 1.165) is 5.06 Å². The van der Waals surface area contributed by atoms with Crippen molar-refractivity contribution in [3.05, 3.63) is 5.21 Å². The fourth-order valence-electron chi connectivity index (χ4n) is 1.36. The number of carboxylic acids is 1. The normalized spacial score (nSPS) is 33.6. The van der Waals surface area contributed by atoms with Crippen LogP contribution in [0.4, 0.5) is 0 Å². The summed E-state index contributed by atoms with van der Waals surface area (Å²) >= 11 is 0. The third-order valence-corrected chi connectivity index (χ3v) is 2.24. The third kappa shape index (κ3) is 1.91. The molecule has 2 atom stereocenters. The maximum absolute atomic E-state index is 10.8. The number of carbonyl (C=O) groups is 1. The second kappa shape index (κ2) is 3.19. The first-order valence-corrected chi connectivity index (χ1v) is 3.76. The Kier molecular flexibility index (Phi) is 2.46. The van der Waals surface area contributed by atoms with Gasteiger partial charge in [-0.15, -0.1) is 0 Å². The van der Waals surface area contributed by atoms with Crippen molar-refractivity contribution in [1.82, 2.24) is 5.06 Å². The SMILES string of the molecule is CC1CCN([O-])CC1C(=O)O. The van der Waals surface area contributed by atoms with Crippen molar-refractivity contribution in [2.24, 2.45) is 11.8 Å². The monoisotopic (exact) mass is 158 g/mol. The van der Waals surface area contributed by atoms with Gasteiger partial charge in [-0.3, -0.25) is 4.79 Å². The Hall–Kier alpha value is -0.610. The zero-order valence-electron chi connectivity index (χ0n) is 6.49. The van der Waals surface area contributed by atoms with Crippen molar-refractivity contribution in [3.8, 4) is 0 Å². The zero-order valence-corrected chi connectivity index (χ0v) is 6.49. The van der Waals surface area contributed by atoms with Crippen molar-refractivity contribution >= 4 is 5.97 Å². The van der Waals surface area contributed by atoms with Gasteiger partial charge >= 0.3 is 5.97 Å². The van der Waals surface area contributed by atoms with Gasteiger partial charge in [0.1, 0.15) is 0 Å². The molecule has 0 aromatic rings. The molecule has 1 fully saturated rings. The number of nitrogens with zero attached hydrogens (tertiary/aromatic N) is 1. The largest absolute Gasteiger partial charge is 0.785 e. The Morgan fingerprint density at radius 2 is 2.36 bits per heavy atom. The van der Waals surface area contributed by atoms with Crippen molar-refractivity contribution < 1.29 is 9.90 Å². The third-order valence-electron chi connectivity index (χ3n) is 2.24. The summed E-state index contributed by atoms with van der Waals surface area (Å²) in [6.07, 6.45) is 0.695. The van der Waals surface area contributed by atoms with Crippen LogP contribution in [0.2, 0.25) is 0 Å². The first kappa shape index (κ1) is 8.49. The summed E-state index contributed by atoms with van der Waals surface area (Å²) in [5.74, 6) is -1.18. The lowest BCUT2D eigenvalue weighted by Crippen LogP contribution is -2.39. The number of hydroxylamine groups is 2. The van der Waals surface area contributed by atoms with Crippen LogP contribution in [0.25, 0.3) is 0 Å². The number of carboxylic acid groups (broad SMARTS) is 1. The molecular formula is C7H12NO3-. The summed E-state index contributed by atoms with van der Waals surface area (Å²) in [6, 6.07) is 0. The number of hydrogen-bond acceptors (Lipinski definition) is 3. The molecule has 2 unspecified atom stereocenters. The predicted octanol–water partition coefficient (Wildman–Crippen LogP) is 0.527. The van der Waals surface area contributed by atoms with E-state index in [1.54, 1.807) is 0 Å². The molecule has 1 heterocycles. The molecule has 0 aromatic heterocycles. The summed E-state index contributed by atoms with van der Waals surface area (Å²) < 4.78 is 0. The molecule has 0 spiro atoms. The van der Waals surface area contributed by atoms with Crippen LogP contribution in [0.5, 0.6) is 0 Å². The molecule has 1 N–H and O–H groups in total. The summed E-state index contributed by atoms with van der Waals surface area (Å²) in [6.45, 7) is 2.51. The topological polar surface area (TPSA) is 63.6 Å². The zero-order chi connectivity index (χ0) is 8.43. The van der Waals surface area contributed by atoms with Gasteiger partial charge in [0, 0.05) is 0 Å². The van der Waals surface area contributed by atoms with Gasteiger partial charge in [-0.2, -0.15) is 0 Å². The van der Waals surface area contributed by atoms with Crippen molar-refractivity contribution in [2.45, 2.75) is 13.3 Å². The highest BCUT2D eigenvalue weighted by atomic mass is 16.5. The van der Waals surface area contributed by atoms with Gasteiger partial charge in [0.15, 0.2) is 0 Å². The number of hydrogen-bond donors (Lipinski definition) is 1. The molecule has 0 saturated carbocycles.